The van der Waals surface area contributed by atoms with Gasteiger partial charge in [0.25, 0.3) is 0 Å². The Kier molecular flexibility index (Phi) is 14.3. The van der Waals surface area contributed by atoms with Crippen molar-refractivity contribution in [2.45, 2.75) is 24.3 Å². The number of aliphatic hydroxyl groups is 1. The Balaban J connectivity index is -0.00000128. The first-order chi connectivity index (χ1) is 7.68. The van der Waals surface area contributed by atoms with Gasteiger partial charge in [0.15, 0.2) is 20.3 Å². The van der Waals surface area contributed by atoms with E-state index in [9.17, 15) is 24.0 Å². The summed E-state index contributed by atoms with van der Waals surface area (Å²) in [6.45, 7) is 0. The minimum absolute atomic E-state index is 0. The molecule has 2 atom stereocenters. The summed E-state index contributed by atoms with van der Waals surface area (Å²) < 4.78 is 31.1. The van der Waals surface area contributed by atoms with Crippen LogP contribution in [0.3, 0.4) is 0 Å². The molecule has 0 spiro atoms. The Morgan fingerprint density at radius 3 is 1.84 bits per heavy atom. The average molecular weight is 330 g/mol. The minimum atomic E-state index is -5.04. The fraction of sp³-hybridized carbons (Fsp3) is 0.750. The predicted molar refractivity (Wildman–Crippen MR) is 56.9 cm³/mol. The summed E-state index contributed by atoms with van der Waals surface area (Å²) in [6.07, 6.45) is 4.46. The van der Waals surface area contributed by atoms with Crippen LogP contribution in [0.1, 0.15) is 19.3 Å². The van der Waals surface area contributed by atoms with Crippen molar-refractivity contribution in [2.24, 2.45) is 0 Å². The smallest absolute Gasteiger partial charge is 0.776 e. The van der Waals surface area contributed by atoms with E-state index in [1.54, 1.807) is 0 Å². The molecule has 11 heteroatoms. The zero-order chi connectivity index (χ0) is 13.7. The van der Waals surface area contributed by atoms with Crippen LogP contribution in [0.15, 0.2) is 0 Å². The molecule has 0 aliphatic heterocycles. The second kappa shape index (κ2) is 10.5. The number of hydrogen-bond acceptors (Lipinski definition) is 7. The Bertz CT molecular complexity index is 371. The normalized spacial score (nSPS) is 19.6. The molecule has 0 fully saturated rings. The van der Waals surface area contributed by atoms with E-state index in [1.807, 2.05) is 0 Å². The maximum atomic E-state index is 11.5. The molecule has 2 unspecified atom stereocenters. The van der Waals surface area contributed by atoms with Gasteiger partial charge in [0.1, 0.15) is 0 Å². The third-order valence-electron chi connectivity index (χ3n) is 2.19. The second-order valence-corrected chi connectivity index (χ2v) is 7.74. The standard InChI is InChI=1S/C8H16O7P2.2Na/c1-4-5-6-7-8(9,16(10,11)14-2)17(12,13)15-3;;/h1,9H,5-7H2,2-3H3,(H,10,11)(H,12,13);;/q;2*+1/p-2. The van der Waals surface area contributed by atoms with Gasteiger partial charge in [0.2, 0.25) is 0 Å². The summed E-state index contributed by atoms with van der Waals surface area (Å²) >= 11 is 0. The molecule has 0 heterocycles. The van der Waals surface area contributed by atoms with Crippen molar-refractivity contribution in [3.8, 4) is 12.3 Å². The molecule has 0 saturated heterocycles. The van der Waals surface area contributed by atoms with Crippen molar-refractivity contribution in [3.63, 3.8) is 0 Å². The Morgan fingerprint density at radius 2 is 1.58 bits per heavy atom. The van der Waals surface area contributed by atoms with Crippen LogP contribution in [0, 0.1) is 12.3 Å². The van der Waals surface area contributed by atoms with Gasteiger partial charge in [-0.1, -0.05) is 0 Å². The quantitative estimate of drug-likeness (QED) is 0.213. The van der Waals surface area contributed by atoms with Crippen molar-refractivity contribution in [1.29, 1.82) is 0 Å². The van der Waals surface area contributed by atoms with Crippen LogP contribution >= 0.6 is 15.2 Å². The maximum Gasteiger partial charge on any atom is 1.00 e. The van der Waals surface area contributed by atoms with E-state index in [2.05, 4.69) is 15.0 Å². The van der Waals surface area contributed by atoms with E-state index in [0.717, 1.165) is 14.2 Å². The summed E-state index contributed by atoms with van der Waals surface area (Å²) in [7, 11) is -8.56. The van der Waals surface area contributed by atoms with E-state index >= 15 is 0 Å². The fourth-order valence-electron chi connectivity index (χ4n) is 1.14. The molecule has 7 nitrogen and oxygen atoms in total. The molecule has 0 amide bonds. The molecule has 19 heavy (non-hydrogen) atoms. The molecular formula is C8H14Na2O7P2. The summed E-state index contributed by atoms with van der Waals surface area (Å²) in [5.74, 6) is 2.20. The molecule has 0 aromatic heterocycles. The molecule has 0 saturated carbocycles. The first kappa shape index (κ1) is 25.8. The summed E-state index contributed by atoms with van der Waals surface area (Å²) in [4.78, 5) is 22.9. The minimum Gasteiger partial charge on any atom is -0.776 e. The summed E-state index contributed by atoms with van der Waals surface area (Å²) in [5, 5.41) is 6.73. The zero-order valence-corrected chi connectivity index (χ0v) is 17.3. The van der Waals surface area contributed by atoms with E-state index in [0.29, 0.717) is 0 Å². The van der Waals surface area contributed by atoms with E-state index < -0.39 is 26.7 Å². The summed E-state index contributed by atoms with van der Waals surface area (Å²) in [5.41, 5.74) is 0. The van der Waals surface area contributed by atoms with Crippen molar-refractivity contribution < 1.29 is 92.2 Å². The molecule has 100 valence electrons. The molecule has 0 bridgehead atoms. The third kappa shape index (κ3) is 6.22. The zero-order valence-electron chi connectivity index (χ0n) is 11.5. The van der Waals surface area contributed by atoms with Crippen LogP contribution in [0.4, 0.5) is 0 Å². The van der Waals surface area contributed by atoms with Gasteiger partial charge in [-0.3, -0.25) is 0 Å². The van der Waals surface area contributed by atoms with Gasteiger partial charge in [-0.15, -0.1) is 12.3 Å². The number of terminal acetylenes is 1. The Labute approximate surface area is 157 Å². The fourth-order valence-corrected chi connectivity index (χ4v) is 4.28. The molecule has 0 rings (SSSR count). The number of rotatable bonds is 7. The summed E-state index contributed by atoms with van der Waals surface area (Å²) in [6, 6.07) is 0. The van der Waals surface area contributed by atoms with Crippen LogP contribution in [-0.4, -0.2) is 24.4 Å². The molecule has 0 aromatic carbocycles. The third-order valence-corrected chi connectivity index (χ3v) is 6.82. The molecule has 0 aromatic rings. The van der Waals surface area contributed by atoms with Gasteiger partial charge in [-0.25, -0.2) is 0 Å². The van der Waals surface area contributed by atoms with Crippen LogP contribution in [0.25, 0.3) is 0 Å². The van der Waals surface area contributed by atoms with Gasteiger partial charge in [0, 0.05) is 20.6 Å². The van der Waals surface area contributed by atoms with E-state index in [1.165, 1.54) is 0 Å². The van der Waals surface area contributed by atoms with Gasteiger partial charge in [0.05, 0.1) is 0 Å². The Morgan fingerprint density at radius 1 is 1.21 bits per heavy atom. The van der Waals surface area contributed by atoms with Gasteiger partial charge < -0.3 is 33.1 Å². The first-order valence-electron chi connectivity index (χ1n) is 4.58. The predicted octanol–water partition coefficient (Wildman–Crippen LogP) is -6.16. The molecule has 1 N–H and O–H groups in total. The largest absolute Gasteiger partial charge is 1.00 e. The van der Waals surface area contributed by atoms with Crippen LogP contribution < -0.4 is 68.9 Å². The van der Waals surface area contributed by atoms with Crippen molar-refractivity contribution in [1.82, 2.24) is 0 Å². The van der Waals surface area contributed by atoms with E-state index in [-0.39, 0.29) is 72.0 Å². The molecule has 0 radical (unpaired) electrons. The number of unbranched alkanes of at least 4 members (excludes halogenated alkanes) is 1. The second-order valence-electron chi connectivity index (χ2n) is 3.19. The molecular weight excluding hydrogens is 316 g/mol. The average Bonchev–Trinajstić information content (AvgIpc) is 2.28. The Hall–Kier alpha value is 1.82. The van der Waals surface area contributed by atoms with Gasteiger partial charge in [-0.2, -0.15) is 0 Å². The van der Waals surface area contributed by atoms with Gasteiger partial charge >= 0.3 is 59.1 Å². The van der Waals surface area contributed by atoms with Crippen LogP contribution in [0.5, 0.6) is 0 Å². The number of hydrogen-bond donors (Lipinski definition) is 1. The van der Waals surface area contributed by atoms with Crippen LogP contribution in [-0.2, 0) is 18.2 Å². The van der Waals surface area contributed by atoms with Crippen molar-refractivity contribution in [3.05, 3.63) is 0 Å². The maximum absolute atomic E-state index is 11.5. The SMILES string of the molecule is C#CCCCC(O)(P(=O)([O-])OC)P(=O)([O-])OC.[Na+].[Na+]. The van der Waals surface area contributed by atoms with Crippen LogP contribution in [0.2, 0.25) is 0 Å². The molecule has 0 aliphatic rings. The first-order valence-corrected chi connectivity index (χ1v) is 7.66. The molecule has 0 aliphatic carbocycles. The monoisotopic (exact) mass is 330 g/mol. The van der Waals surface area contributed by atoms with Gasteiger partial charge in [-0.05, 0) is 12.8 Å². The van der Waals surface area contributed by atoms with Crippen molar-refractivity contribution >= 4 is 15.2 Å². The topological polar surface area (TPSA) is 119 Å². The van der Waals surface area contributed by atoms with E-state index in [4.69, 9.17) is 6.42 Å². The van der Waals surface area contributed by atoms with Crippen molar-refractivity contribution in [2.75, 3.05) is 14.2 Å².